The fraction of sp³-hybridized carbons (Fsp3) is 0.200. The van der Waals surface area contributed by atoms with E-state index in [1.165, 1.54) is 6.07 Å². The minimum atomic E-state index is -0.771. The van der Waals surface area contributed by atoms with Gasteiger partial charge in [0, 0.05) is 18.2 Å². The number of rotatable bonds is 7. The van der Waals surface area contributed by atoms with Crippen molar-refractivity contribution in [2.45, 2.75) is 26.6 Å². The first-order valence-corrected chi connectivity index (χ1v) is 9.42. The van der Waals surface area contributed by atoms with Crippen LogP contribution in [0.25, 0.3) is 0 Å². The Hall–Kier alpha value is -2.74. The van der Waals surface area contributed by atoms with Crippen molar-refractivity contribution >= 4 is 21.8 Å². The molecule has 0 spiro atoms. The van der Waals surface area contributed by atoms with E-state index in [0.717, 1.165) is 22.3 Å². The van der Waals surface area contributed by atoms with Crippen LogP contribution < -0.4 is 10.1 Å². The van der Waals surface area contributed by atoms with E-state index >= 15 is 0 Å². The number of aryl methyl sites for hydroxylation is 1. The van der Waals surface area contributed by atoms with Crippen LogP contribution in [0.3, 0.4) is 0 Å². The van der Waals surface area contributed by atoms with Crippen LogP contribution in [0, 0.1) is 11.6 Å². The van der Waals surface area contributed by atoms with Gasteiger partial charge in [-0.1, -0.05) is 12.1 Å². The summed E-state index contributed by atoms with van der Waals surface area (Å²) in [6.45, 7) is 3.05. The normalized spacial score (nSPS) is 10.7. The molecule has 0 aliphatic heterocycles. The SMILES string of the molecule is CCn1ncc(Br)c1CNC(=O)c1cccc(COc2ccc(F)cc2F)c1. The van der Waals surface area contributed by atoms with E-state index in [-0.39, 0.29) is 18.3 Å². The van der Waals surface area contributed by atoms with Crippen LogP contribution in [0.1, 0.15) is 28.5 Å². The quantitative estimate of drug-likeness (QED) is 0.579. The molecule has 0 saturated heterocycles. The molecule has 3 aromatic rings. The highest BCUT2D eigenvalue weighted by molar-refractivity contribution is 9.10. The summed E-state index contributed by atoms with van der Waals surface area (Å²) in [5, 5.41) is 7.07. The average molecular weight is 450 g/mol. The molecule has 8 heteroatoms. The number of hydrogen-bond acceptors (Lipinski definition) is 3. The molecule has 2 aromatic carbocycles. The molecule has 0 fully saturated rings. The van der Waals surface area contributed by atoms with E-state index in [1.807, 2.05) is 6.92 Å². The van der Waals surface area contributed by atoms with Crippen LogP contribution in [-0.2, 0) is 19.7 Å². The average Bonchev–Trinajstić information content (AvgIpc) is 3.05. The highest BCUT2D eigenvalue weighted by Gasteiger charge is 2.12. The second-order valence-corrected chi connectivity index (χ2v) is 6.86. The smallest absolute Gasteiger partial charge is 0.251 e. The number of nitrogens with one attached hydrogen (secondary N) is 1. The monoisotopic (exact) mass is 449 g/mol. The highest BCUT2D eigenvalue weighted by atomic mass is 79.9. The fourth-order valence-electron chi connectivity index (χ4n) is 2.66. The molecule has 5 nitrogen and oxygen atoms in total. The van der Waals surface area contributed by atoms with Gasteiger partial charge in [0.05, 0.1) is 22.9 Å². The third-order valence-corrected chi connectivity index (χ3v) is 4.75. The first kappa shape index (κ1) is 20.0. The van der Waals surface area contributed by atoms with Gasteiger partial charge in [-0.3, -0.25) is 9.48 Å². The summed E-state index contributed by atoms with van der Waals surface area (Å²) >= 11 is 3.42. The second kappa shape index (κ2) is 8.97. The molecule has 0 aliphatic carbocycles. The largest absolute Gasteiger partial charge is 0.486 e. The van der Waals surface area contributed by atoms with Gasteiger partial charge in [0.15, 0.2) is 11.6 Å². The predicted molar refractivity (Wildman–Crippen MR) is 104 cm³/mol. The van der Waals surface area contributed by atoms with Crippen molar-refractivity contribution in [3.63, 3.8) is 0 Å². The van der Waals surface area contributed by atoms with Gasteiger partial charge in [0.1, 0.15) is 12.4 Å². The number of nitrogens with zero attached hydrogens (tertiary/aromatic N) is 2. The van der Waals surface area contributed by atoms with Crippen LogP contribution in [0.2, 0.25) is 0 Å². The zero-order valence-electron chi connectivity index (χ0n) is 15.1. The summed E-state index contributed by atoms with van der Waals surface area (Å²) in [6.07, 6.45) is 1.69. The van der Waals surface area contributed by atoms with Gasteiger partial charge in [0.2, 0.25) is 0 Å². The zero-order valence-corrected chi connectivity index (χ0v) is 16.7. The molecule has 0 unspecified atom stereocenters. The van der Waals surface area contributed by atoms with Crippen molar-refractivity contribution in [3.05, 3.63) is 81.6 Å². The molecule has 28 heavy (non-hydrogen) atoms. The first-order chi connectivity index (χ1) is 13.5. The number of carbonyl (C=O) groups excluding carboxylic acids is 1. The van der Waals surface area contributed by atoms with Crippen LogP contribution in [-0.4, -0.2) is 15.7 Å². The Kier molecular flexibility index (Phi) is 6.41. The van der Waals surface area contributed by atoms with Crippen LogP contribution in [0.15, 0.2) is 53.1 Å². The Morgan fingerprint density at radius 2 is 2.07 bits per heavy atom. The van der Waals surface area contributed by atoms with Crippen LogP contribution in [0.4, 0.5) is 8.78 Å². The highest BCUT2D eigenvalue weighted by Crippen LogP contribution is 2.19. The Morgan fingerprint density at radius 1 is 1.25 bits per heavy atom. The molecular weight excluding hydrogens is 432 g/mol. The van der Waals surface area contributed by atoms with Crippen molar-refractivity contribution in [1.29, 1.82) is 0 Å². The lowest BCUT2D eigenvalue weighted by Gasteiger charge is -2.10. The Balaban J connectivity index is 1.63. The van der Waals surface area contributed by atoms with Crippen molar-refractivity contribution in [2.75, 3.05) is 0 Å². The molecule has 0 atom stereocenters. The van der Waals surface area contributed by atoms with Gasteiger partial charge in [-0.2, -0.15) is 5.10 Å². The minimum absolute atomic E-state index is 0.0473. The van der Waals surface area contributed by atoms with Gasteiger partial charge in [-0.25, -0.2) is 8.78 Å². The number of ether oxygens (including phenoxy) is 1. The van der Waals surface area contributed by atoms with Crippen LogP contribution in [0.5, 0.6) is 5.75 Å². The number of benzene rings is 2. The first-order valence-electron chi connectivity index (χ1n) is 8.63. The summed E-state index contributed by atoms with van der Waals surface area (Å²) in [4.78, 5) is 12.5. The maximum Gasteiger partial charge on any atom is 0.251 e. The standard InChI is InChI=1S/C20H18BrF2N3O2/c1-2-26-18(16(21)10-25-26)11-24-20(27)14-5-3-4-13(8-14)12-28-19-7-6-15(22)9-17(19)23/h3-10H,2,11-12H2,1H3,(H,24,27). The summed E-state index contributed by atoms with van der Waals surface area (Å²) in [6, 6.07) is 9.96. The predicted octanol–water partition coefficient (Wildman–Crippen LogP) is 4.45. The molecule has 0 radical (unpaired) electrons. The summed E-state index contributed by atoms with van der Waals surface area (Å²) in [5.41, 5.74) is 2.03. The fourth-order valence-corrected chi connectivity index (χ4v) is 3.09. The molecule has 0 aliphatic rings. The number of halogens is 3. The lowest BCUT2D eigenvalue weighted by Crippen LogP contribution is -2.24. The third kappa shape index (κ3) is 4.75. The Bertz CT molecular complexity index is 991. The summed E-state index contributed by atoms with van der Waals surface area (Å²) < 4.78 is 34.6. The van der Waals surface area contributed by atoms with Gasteiger partial charge >= 0.3 is 0 Å². The number of aromatic nitrogens is 2. The molecule has 0 saturated carbocycles. The van der Waals surface area contributed by atoms with Gasteiger partial charge in [-0.05, 0) is 52.7 Å². The summed E-state index contributed by atoms with van der Waals surface area (Å²) in [5.74, 6) is -1.73. The van der Waals surface area contributed by atoms with Crippen molar-refractivity contribution in [1.82, 2.24) is 15.1 Å². The number of amides is 1. The van der Waals surface area contributed by atoms with Crippen molar-refractivity contribution in [3.8, 4) is 5.75 Å². The zero-order chi connectivity index (χ0) is 20.1. The molecule has 146 valence electrons. The molecule has 1 heterocycles. The minimum Gasteiger partial charge on any atom is -0.486 e. The Labute approximate surface area is 169 Å². The molecule has 0 bridgehead atoms. The maximum atomic E-state index is 13.6. The molecular formula is C20H18BrF2N3O2. The molecule has 1 aromatic heterocycles. The van der Waals surface area contributed by atoms with Gasteiger partial charge in [0.25, 0.3) is 5.91 Å². The van der Waals surface area contributed by atoms with E-state index in [1.54, 1.807) is 35.1 Å². The lowest BCUT2D eigenvalue weighted by molar-refractivity contribution is 0.0949. The van der Waals surface area contributed by atoms with Crippen molar-refractivity contribution in [2.24, 2.45) is 0 Å². The van der Waals surface area contributed by atoms with Gasteiger partial charge in [-0.15, -0.1) is 0 Å². The Morgan fingerprint density at radius 3 is 2.82 bits per heavy atom. The van der Waals surface area contributed by atoms with E-state index < -0.39 is 11.6 Å². The molecule has 3 rings (SSSR count). The van der Waals surface area contributed by atoms with E-state index in [4.69, 9.17) is 4.74 Å². The lowest BCUT2D eigenvalue weighted by atomic mass is 10.1. The van der Waals surface area contributed by atoms with E-state index in [9.17, 15) is 13.6 Å². The van der Waals surface area contributed by atoms with E-state index in [2.05, 4.69) is 26.3 Å². The summed E-state index contributed by atoms with van der Waals surface area (Å²) in [7, 11) is 0. The number of carbonyl (C=O) groups is 1. The topological polar surface area (TPSA) is 56.2 Å². The number of hydrogen-bond donors (Lipinski definition) is 1. The van der Waals surface area contributed by atoms with Gasteiger partial charge < -0.3 is 10.1 Å². The maximum absolute atomic E-state index is 13.6. The second-order valence-electron chi connectivity index (χ2n) is 6.00. The van der Waals surface area contributed by atoms with Crippen molar-refractivity contribution < 1.29 is 18.3 Å². The molecule has 1 amide bonds. The van der Waals surface area contributed by atoms with E-state index in [0.29, 0.717) is 24.2 Å². The third-order valence-electron chi connectivity index (χ3n) is 4.09. The molecule has 1 N–H and O–H groups in total. The van der Waals surface area contributed by atoms with Crippen LogP contribution >= 0.6 is 15.9 Å².